The Morgan fingerprint density at radius 3 is 2.85 bits per heavy atom. The summed E-state index contributed by atoms with van der Waals surface area (Å²) in [6, 6.07) is 7.74. The molecule has 1 amide bonds. The zero-order valence-electron chi connectivity index (χ0n) is 12.4. The zero-order chi connectivity index (χ0) is 14.8. The van der Waals surface area contributed by atoms with Gasteiger partial charge in [-0.2, -0.15) is 0 Å². The molecular weight excluding hydrogens is 272 g/mol. The molecule has 1 heterocycles. The molecule has 0 aliphatic carbocycles. The smallest absolute Gasteiger partial charge is 0.243 e. The Bertz CT molecular complexity index is 483. The molecular formula is C16H23ClN2O. The summed E-state index contributed by atoms with van der Waals surface area (Å²) in [5.41, 5.74) is 0.694. The highest BCUT2D eigenvalue weighted by atomic mass is 35.5. The molecule has 4 heteroatoms. The van der Waals surface area contributed by atoms with Crippen LogP contribution in [-0.2, 0) is 4.79 Å². The van der Waals surface area contributed by atoms with Crippen molar-refractivity contribution < 1.29 is 4.79 Å². The summed E-state index contributed by atoms with van der Waals surface area (Å²) in [6.07, 6.45) is 2.83. The van der Waals surface area contributed by atoms with Crippen LogP contribution in [0.25, 0.3) is 0 Å². The minimum Gasteiger partial charge on any atom is -0.337 e. The van der Waals surface area contributed by atoms with Crippen molar-refractivity contribution in [3.05, 3.63) is 34.9 Å². The summed E-state index contributed by atoms with van der Waals surface area (Å²) in [5, 5.41) is 4.11. The SMILES string of the molecule is CCC1(C(=O)N(C)C(C)c2cccc(Cl)c2)CCCN1. The van der Waals surface area contributed by atoms with Gasteiger partial charge in [0.1, 0.15) is 0 Å². The number of hydrogen-bond donors (Lipinski definition) is 1. The van der Waals surface area contributed by atoms with Crippen LogP contribution in [0.2, 0.25) is 5.02 Å². The first kappa shape index (κ1) is 15.3. The van der Waals surface area contributed by atoms with Gasteiger partial charge in [0.05, 0.1) is 11.6 Å². The molecule has 0 saturated carbocycles. The predicted molar refractivity (Wildman–Crippen MR) is 82.9 cm³/mol. The predicted octanol–water partition coefficient (Wildman–Crippen LogP) is 3.39. The maximum Gasteiger partial charge on any atom is 0.243 e. The van der Waals surface area contributed by atoms with Crippen molar-refractivity contribution in [3.8, 4) is 0 Å². The number of likely N-dealkylation sites (N-methyl/N-ethyl adjacent to an activating group) is 1. The Kier molecular flexibility index (Phi) is 4.71. The molecule has 1 fully saturated rings. The molecule has 1 aromatic carbocycles. The summed E-state index contributed by atoms with van der Waals surface area (Å²) < 4.78 is 0. The Morgan fingerprint density at radius 1 is 1.55 bits per heavy atom. The topological polar surface area (TPSA) is 32.3 Å². The van der Waals surface area contributed by atoms with E-state index in [1.54, 1.807) is 0 Å². The molecule has 0 radical (unpaired) electrons. The maximum absolute atomic E-state index is 12.8. The second kappa shape index (κ2) is 6.15. The van der Waals surface area contributed by atoms with E-state index in [0.717, 1.165) is 31.4 Å². The highest BCUT2D eigenvalue weighted by molar-refractivity contribution is 6.30. The maximum atomic E-state index is 12.8. The van der Waals surface area contributed by atoms with Gasteiger partial charge in [0, 0.05) is 12.1 Å². The number of rotatable bonds is 4. The van der Waals surface area contributed by atoms with Crippen molar-refractivity contribution in [2.75, 3.05) is 13.6 Å². The summed E-state index contributed by atoms with van der Waals surface area (Å²) in [4.78, 5) is 14.7. The molecule has 2 atom stereocenters. The Balaban J connectivity index is 2.17. The van der Waals surface area contributed by atoms with Gasteiger partial charge in [-0.15, -0.1) is 0 Å². The van der Waals surface area contributed by atoms with Crippen molar-refractivity contribution in [2.45, 2.75) is 44.7 Å². The molecule has 1 N–H and O–H groups in total. The fourth-order valence-corrected chi connectivity index (χ4v) is 3.14. The molecule has 1 aliphatic rings. The van der Waals surface area contributed by atoms with E-state index in [4.69, 9.17) is 11.6 Å². The molecule has 3 nitrogen and oxygen atoms in total. The van der Waals surface area contributed by atoms with Gasteiger partial charge in [-0.1, -0.05) is 30.7 Å². The van der Waals surface area contributed by atoms with E-state index in [1.807, 2.05) is 43.1 Å². The number of nitrogens with zero attached hydrogens (tertiary/aromatic N) is 1. The van der Waals surface area contributed by atoms with Gasteiger partial charge in [-0.05, 0) is 50.4 Å². The van der Waals surface area contributed by atoms with E-state index in [0.29, 0.717) is 5.02 Å². The lowest BCUT2D eigenvalue weighted by Gasteiger charge is -2.35. The lowest BCUT2D eigenvalue weighted by atomic mass is 9.91. The molecule has 1 aliphatic heterocycles. The number of nitrogens with one attached hydrogen (secondary N) is 1. The van der Waals surface area contributed by atoms with Crippen LogP contribution in [-0.4, -0.2) is 29.9 Å². The summed E-state index contributed by atoms with van der Waals surface area (Å²) in [5.74, 6) is 0.185. The number of halogens is 1. The second-order valence-electron chi connectivity index (χ2n) is 5.61. The molecule has 110 valence electrons. The molecule has 0 spiro atoms. The Morgan fingerprint density at radius 2 is 2.30 bits per heavy atom. The van der Waals surface area contributed by atoms with Gasteiger partial charge < -0.3 is 10.2 Å². The first-order valence-electron chi connectivity index (χ1n) is 7.28. The number of carbonyl (C=O) groups is 1. The van der Waals surface area contributed by atoms with Crippen LogP contribution >= 0.6 is 11.6 Å². The van der Waals surface area contributed by atoms with E-state index < -0.39 is 0 Å². The number of benzene rings is 1. The molecule has 0 bridgehead atoms. The monoisotopic (exact) mass is 294 g/mol. The highest BCUT2D eigenvalue weighted by Crippen LogP contribution is 2.29. The van der Waals surface area contributed by atoms with Gasteiger partial charge in [-0.3, -0.25) is 4.79 Å². The van der Waals surface area contributed by atoms with Crippen LogP contribution in [0.4, 0.5) is 0 Å². The molecule has 20 heavy (non-hydrogen) atoms. The van der Waals surface area contributed by atoms with Gasteiger partial charge in [0.25, 0.3) is 0 Å². The molecule has 2 rings (SSSR count). The lowest BCUT2D eigenvalue weighted by molar-refractivity contribution is -0.138. The minimum absolute atomic E-state index is 0.0204. The van der Waals surface area contributed by atoms with E-state index in [1.165, 1.54) is 0 Å². The van der Waals surface area contributed by atoms with Crippen molar-refractivity contribution in [3.63, 3.8) is 0 Å². The quantitative estimate of drug-likeness (QED) is 0.923. The van der Waals surface area contributed by atoms with E-state index in [-0.39, 0.29) is 17.5 Å². The van der Waals surface area contributed by atoms with E-state index >= 15 is 0 Å². The third kappa shape index (κ3) is 2.84. The average molecular weight is 295 g/mol. The van der Waals surface area contributed by atoms with Crippen molar-refractivity contribution in [2.24, 2.45) is 0 Å². The normalized spacial score (nSPS) is 23.6. The van der Waals surface area contributed by atoms with Gasteiger partial charge in [-0.25, -0.2) is 0 Å². The summed E-state index contributed by atoms with van der Waals surface area (Å²) in [6.45, 7) is 5.05. The molecule has 2 unspecified atom stereocenters. The fraction of sp³-hybridized carbons (Fsp3) is 0.562. The number of amides is 1. The Hall–Kier alpha value is -1.06. The van der Waals surface area contributed by atoms with Crippen LogP contribution in [0.5, 0.6) is 0 Å². The summed E-state index contributed by atoms with van der Waals surface area (Å²) in [7, 11) is 1.88. The number of hydrogen-bond acceptors (Lipinski definition) is 2. The minimum atomic E-state index is -0.373. The molecule has 1 aromatic rings. The second-order valence-corrected chi connectivity index (χ2v) is 6.05. The van der Waals surface area contributed by atoms with Crippen molar-refractivity contribution in [1.82, 2.24) is 10.2 Å². The average Bonchev–Trinajstić information content (AvgIpc) is 2.95. The first-order valence-corrected chi connectivity index (χ1v) is 7.66. The molecule has 1 saturated heterocycles. The van der Waals surface area contributed by atoms with E-state index in [2.05, 4.69) is 12.2 Å². The summed E-state index contributed by atoms with van der Waals surface area (Å²) >= 11 is 6.04. The third-order valence-corrected chi connectivity index (χ3v) is 4.72. The fourth-order valence-electron chi connectivity index (χ4n) is 2.95. The van der Waals surface area contributed by atoms with Crippen molar-refractivity contribution in [1.29, 1.82) is 0 Å². The van der Waals surface area contributed by atoms with E-state index in [9.17, 15) is 4.79 Å². The van der Waals surface area contributed by atoms with Crippen LogP contribution < -0.4 is 5.32 Å². The van der Waals surface area contributed by atoms with Crippen LogP contribution in [0.15, 0.2) is 24.3 Å². The van der Waals surface area contributed by atoms with Gasteiger partial charge in [0.2, 0.25) is 5.91 Å². The standard InChI is InChI=1S/C16H23ClN2O/c1-4-16(9-6-10-18-16)15(20)19(3)12(2)13-7-5-8-14(17)11-13/h5,7-8,11-12,18H,4,6,9-10H2,1-3H3. The lowest BCUT2D eigenvalue weighted by Crippen LogP contribution is -2.53. The van der Waals surface area contributed by atoms with Crippen LogP contribution in [0.1, 0.15) is 44.7 Å². The first-order chi connectivity index (χ1) is 9.50. The largest absolute Gasteiger partial charge is 0.337 e. The van der Waals surface area contributed by atoms with Crippen molar-refractivity contribution >= 4 is 17.5 Å². The van der Waals surface area contributed by atoms with Gasteiger partial charge >= 0.3 is 0 Å². The highest BCUT2D eigenvalue weighted by Gasteiger charge is 2.41. The van der Waals surface area contributed by atoms with Crippen LogP contribution in [0, 0.1) is 0 Å². The van der Waals surface area contributed by atoms with Crippen LogP contribution in [0.3, 0.4) is 0 Å². The number of carbonyl (C=O) groups excluding carboxylic acids is 1. The third-order valence-electron chi connectivity index (χ3n) is 4.49. The molecule has 0 aromatic heterocycles. The Labute approximate surface area is 126 Å². The zero-order valence-corrected chi connectivity index (χ0v) is 13.2. The van der Waals surface area contributed by atoms with Gasteiger partial charge in [0.15, 0.2) is 0 Å².